The lowest BCUT2D eigenvalue weighted by atomic mass is 10.1. The van der Waals surface area contributed by atoms with E-state index in [0.29, 0.717) is 12.2 Å². The lowest BCUT2D eigenvalue weighted by Gasteiger charge is -2.15. The van der Waals surface area contributed by atoms with E-state index < -0.39 is 5.97 Å². The minimum atomic E-state index is -0.937. The van der Waals surface area contributed by atoms with E-state index in [1.54, 1.807) is 24.7 Å². The number of benzene rings is 2. The van der Waals surface area contributed by atoms with Gasteiger partial charge in [-0.15, -0.1) is 6.58 Å². The van der Waals surface area contributed by atoms with Crippen LogP contribution < -0.4 is 5.32 Å². The molecule has 4 rings (SSSR count). The Morgan fingerprint density at radius 2 is 1.97 bits per heavy atom. The predicted molar refractivity (Wildman–Crippen MR) is 117 cm³/mol. The van der Waals surface area contributed by atoms with Crippen LogP contribution >= 0.6 is 0 Å². The molecule has 4 aromatic rings. The number of rotatable bonds is 7. The predicted octanol–water partition coefficient (Wildman–Crippen LogP) is 5.62. The molecule has 6 nitrogen and oxygen atoms in total. The summed E-state index contributed by atoms with van der Waals surface area (Å²) in [4.78, 5) is 20.7. The van der Waals surface area contributed by atoms with Gasteiger partial charge < -0.3 is 14.8 Å². The number of furan rings is 1. The summed E-state index contributed by atoms with van der Waals surface area (Å²) < 4.78 is 5.19. The van der Waals surface area contributed by atoms with Crippen molar-refractivity contribution in [2.75, 3.05) is 5.32 Å². The SMILES string of the molecule is C=CCc1c(CC)nc(-c2ccoc2)nc1Nc1ccc2cc(C(=O)O)ccc2c1. The third-order valence-electron chi connectivity index (χ3n) is 4.91. The van der Waals surface area contributed by atoms with Crippen LogP contribution in [-0.4, -0.2) is 21.0 Å². The van der Waals surface area contributed by atoms with Crippen LogP contribution in [0.4, 0.5) is 11.5 Å². The Kier molecular flexibility index (Phi) is 5.30. The molecule has 0 spiro atoms. The van der Waals surface area contributed by atoms with Crippen molar-refractivity contribution in [3.8, 4) is 11.4 Å². The maximum atomic E-state index is 11.2. The lowest BCUT2D eigenvalue weighted by Crippen LogP contribution is -2.07. The van der Waals surface area contributed by atoms with Crippen LogP contribution in [0.2, 0.25) is 0 Å². The Labute approximate surface area is 173 Å². The highest BCUT2D eigenvalue weighted by Crippen LogP contribution is 2.28. The first-order chi connectivity index (χ1) is 14.6. The van der Waals surface area contributed by atoms with Gasteiger partial charge in [0.25, 0.3) is 0 Å². The number of fused-ring (bicyclic) bond motifs is 1. The van der Waals surface area contributed by atoms with Gasteiger partial charge in [-0.3, -0.25) is 0 Å². The second-order valence-corrected chi connectivity index (χ2v) is 6.89. The summed E-state index contributed by atoms with van der Waals surface area (Å²) in [5.74, 6) is 0.385. The van der Waals surface area contributed by atoms with Crippen LogP contribution in [0, 0.1) is 0 Å². The Morgan fingerprint density at radius 3 is 2.67 bits per heavy atom. The molecule has 150 valence electrons. The molecule has 0 atom stereocenters. The van der Waals surface area contributed by atoms with Crippen LogP contribution in [0.5, 0.6) is 0 Å². The molecule has 2 heterocycles. The molecule has 0 saturated heterocycles. The topological polar surface area (TPSA) is 88.3 Å². The van der Waals surface area contributed by atoms with Crippen LogP contribution in [0.3, 0.4) is 0 Å². The molecule has 2 N–H and O–H groups in total. The summed E-state index contributed by atoms with van der Waals surface area (Å²) in [6, 6.07) is 12.7. The van der Waals surface area contributed by atoms with Crippen molar-refractivity contribution in [1.82, 2.24) is 9.97 Å². The van der Waals surface area contributed by atoms with Crippen molar-refractivity contribution in [2.45, 2.75) is 19.8 Å². The van der Waals surface area contributed by atoms with Gasteiger partial charge >= 0.3 is 5.97 Å². The van der Waals surface area contributed by atoms with Crippen LogP contribution in [0.1, 0.15) is 28.5 Å². The zero-order valence-corrected chi connectivity index (χ0v) is 16.6. The van der Waals surface area contributed by atoms with E-state index in [0.717, 1.165) is 45.5 Å². The summed E-state index contributed by atoms with van der Waals surface area (Å²) >= 11 is 0. The molecular formula is C24H21N3O3. The molecule has 2 aromatic heterocycles. The minimum absolute atomic E-state index is 0.268. The van der Waals surface area contributed by atoms with E-state index >= 15 is 0 Å². The van der Waals surface area contributed by atoms with Gasteiger partial charge in [-0.2, -0.15) is 0 Å². The summed E-state index contributed by atoms with van der Waals surface area (Å²) in [5.41, 5.74) is 3.90. The van der Waals surface area contributed by atoms with Gasteiger partial charge in [-0.1, -0.05) is 25.1 Å². The van der Waals surface area contributed by atoms with E-state index in [1.807, 2.05) is 36.4 Å². The molecule has 6 heteroatoms. The Bertz CT molecular complexity index is 1230. The second kappa shape index (κ2) is 8.21. The molecule has 0 bridgehead atoms. The van der Waals surface area contributed by atoms with Crippen molar-refractivity contribution in [2.24, 2.45) is 0 Å². The number of anilines is 2. The zero-order valence-electron chi connectivity index (χ0n) is 16.6. The van der Waals surface area contributed by atoms with Gasteiger partial charge in [0.05, 0.1) is 17.4 Å². The lowest BCUT2D eigenvalue weighted by molar-refractivity contribution is 0.0697. The van der Waals surface area contributed by atoms with Crippen molar-refractivity contribution < 1.29 is 14.3 Å². The molecule has 0 aliphatic rings. The van der Waals surface area contributed by atoms with E-state index in [-0.39, 0.29) is 5.56 Å². The Morgan fingerprint density at radius 1 is 1.17 bits per heavy atom. The number of aromatic nitrogens is 2. The number of allylic oxidation sites excluding steroid dienone is 1. The highest BCUT2D eigenvalue weighted by molar-refractivity contribution is 5.95. The first-order valence-corrected chi connectivity index (χ1v) is 9.66. The number of hydrogen-bond donors (Lipinski definition) is 2. The standard InChI is InChI=1S/C24H21N3O3/c1-3-5-20-21(4-2)26-22(18-10-11-30-14-18)27-23(20)25-19-9-8-15-12-17(24(28)29)7-6-16(15)13-19/h3,6-14H,1,4-5H2,2H3,(H,28,29)(H,25,26,27). The fourth-order valence-electron chi connectivity index (χ4n) is 3.40. The first-order valence-electron chi connectivity index (χ1n) is 9.66. The summed E-state index contributed by atoms with van der Waals surface area (Å²) in [6.07, 6.45) is 6.48. The molecule has 0 aliphatic heterocycles. The van der Waals surface area contributed by atoms with Crippen LogP contribution in [0.25, 0.3) is 22.2 Å². The van der Waals surface area contributed by atoms with Crippen LogP contribution in [-0.2, 0) is 12.8 Å². The highest BCUT2D eigenvalue weighted by atomic mass is 16.4. The Balaban J connectivity index is 1.77. The van der Waals surface area contributed by atoms with Crippen LogP contribution in [0.15, 0.2) is 72.1 Å². The second-order valence-electron chi connectivity index (χ2n) is 6.89. The molecule has 2 aromatic carbocycles. The molecule has 0 fully saturated rings. The van der Waals surface area contributed by atoms with E-state index in [1.165, 1.54) is 0 Å². The third-order valence-corrected chi connectivity index (χ3v) is 4.91. The zero-order chi connectivity index (χ0) is 21.1. The molecule has 0 unspecified atom stereocenters. The van der Waals surface area contributed by atoms with Crippen molar-refractivity contribution in [1.29, 1.82) is 0 Å². The highest BCUT2D eigenvalue weighted by Gasteiger charge is 2.15. The smallest absolute Gasteiger partial charge is 0.335 e. The number of nitrogens with one attached hydrogen (secondary N) is 1. The number of carboxylic acid groups (broad SMARTS) is 1. The van der Waals surface area contributed by atoms with Gasteiger partial charge in [0, 0.05) is 16.9 Å². The largest absolute Gasteiger partial charge is 0.478 e. The number of hydrogen-bond acceptors (Lipinski definition) is 5. The summed E-state index contributed by atoms with van der Waals surface area (Å²) in [5, 5.41) is 14.4. The minimum Gasteiger partial charge on any atom is -0.478 e. The van der Waals surface area contributed by atoms with Crippen molar-refractivity contribution in [3.05, 3.63) is 84.5 Å². The van der Waals surface area contributed by atoms with Gasteiger partial charge in [-0.25, -0.2) is 14.8 Å². The Hall–Kier alpha value is -3.93. The fraction of sp³-hybridized carbons (Fsp3) is 0.125. The van der Waals surface area contributed by atoms with E-state index in [4.69, 9.17) is 14.4 Å². The summed E-state index contributed by atoms with van der Waals surface area (Å²) in [7, 11) is 0. The van der Waals surface area contributed by atoms with Gasteiger partial charge in [-0.05, 0) is 53.9 Å². The molecule has 0 amide bonds. The van der Waals surface area contributed by atoms with E-state index in [2.05, 4.69) is 18.8 Å². The first kappa shape index (κ1) is 19.4. The molecular weight excluding hydrogens is 378 g/mol. The molecule has 0 radical (unpaired) electrons. The number of nitrogens with zero attached hydrogens (tertiary/aromatic N) is 2. The normalized spacial score (nSPS) is 10.8. The molecule has 30 heavy (non-hydrogen) atoms. The fourth-order valence-corrected chi connectivity index (χ4v) is 3.40. The van der Waals surface area contributed by atoms with Crippen molar-refractivity contribution >= 4 is 28.2 Å². The van der Waals surface area contributed by atoms with Gasteiger partial charge in [0.2, 0.25) is 0 Å². The average Bonchev–Trinajstić information content (AvgIpc) is 3.29. The van der Waals surface area contributed by atoms with Gasteiger partial charge in [0.15, 0.2) is 5.82 Å². The molecule has 0 saturated carbocycles. The quantitative estimate of drug-likeness (QED) is 0.392. The summed E-state index contributed by atoms with van der Waals surface area (Å²) in [6.45, 7) is 5.93. The number of aryl methyl sites for hydroxylation is 1. The maximum absolute atomic E-state index is 11.2. The maximum Gasteiger partial charge on any atom is 0.335 e. The number of carbonyl (C=O) groups is 1. The number of carboxylic acids is 1. The third kappa shape index (κ3) is 3.80. The number of aromatic carboxylic acids is 1. The van der Waals surface area contributed by atoms with Crippen molar-refractivity contribution in [3.63, 3.8) is 0 Å². The average molecular weight is 399 g/mol. The van der Waals surface area contributed by atoms with E-state index in [9.17, 15) is 9.90 Å². The molecule has 0 aliphatic carbocycles. The van der Waals surface area contributed by atoms with Gasteiger partial charge in [0.1, 0.15) is 12.1 Å². The monoisotopic (exact) mass is 399 g/mol.